The lowest BCUT2D eigenvalue weighted by atomic mass is 10.0. The van der Waals surface area contributed by atoms with Gasteiger partial charge in [0.1, 0.15) is 11.4 Å². The van der Waals surface area contributed by atoms with Gasteiger partial charge in [-0.3, -0.25) is 9.78 Å². The van der Waals surface area contributed by atoms with E-state index in [1.54, 1.807) is 41.9 Å². The third kappa shape index (κ3) is 3.86. The summed E-state index contributed by atoms with van der Waals surface area (Å²) in [7, 11) is 1.75. The molecule has 3 heterocycles. The minimum atomic E-state index is -0.905. The molecule has 0 bridgehead atoms. The van der Waals surface area contributed by atoms with Crippen LogP contribution in [0.25, 0.3) is 0 Å². The fourth-order valence-corrected chi connectivity index (χ4v) is 3.56. The molecule has 1 aliphatic rings. The summed E-state index contributed by atoms with van der Waals surface area (Å²) in [6.45, 7) is 1.50. The number of hydrogen-bond acceptors (Lipinski definition) is 6. The molecule has 1 saturated heterocycles. The van der Waals surface area contributed by atoms with Gasteiger partial charge in [0.15, 0.2) is 0 Å². The first-order valence-electron chi connectivity index (χ1n) is 7.55. The minimum Gasteiger partial charge on any atom is -0.386 e. The second kappa shape index (κ2) is 6.64. The molecule has 2 aromatic heterocycles. The molecule has 0 spiro atoms. The number of likely N-dealkylation sites (N-methyl/N-ethyl adjacent to an activating group) is 1. The maximum atomic E-state index is 12.3. The summed E-state index contributed by atoms with van der Waals surface area (Å²) in [4.78, 5) is 25.3. The number of aromatic nitrogens is 2. The molecule has 7 heteroatoms. The van der Waals surface area contributed by atoms with Crippen molar-refractivity contribution < 1.29 is 9.90 Å². The van der Waals surface area contributed by atoms with Gasteiger partial charge in [-0.05, 0) is 17.9 Å². The summed E-state index contributed by atoms with van der Waals surface area (Å²) < 4.78 is 0. The Balaban J connectivity index is 1.58. The number of aliphatic hydroxyl groups is 1. The molecule has 0 saturated carbocycles. The Labute approximate surface area is 139 Å². The zero-order valence-corrected chi connectivity index (χ0v) is 13.9. The largest absolute Gasteiger partial charge is 0.386 e. The lowest BCUT2D eigenvalue weighted by molar-refractivity contribution is -0.132. The molecule has 0 aromatic carbocycles. The van der Waals surface area contributed by atoms with Crippen LogP contribution in [0.15, 0.2) is 36.1 Å². The maximum absolute atomic E-state index is 12.3. The van der Waals surface area contributed by atoms with Gasteiger partial charge in [0.2, 0.25) is 5.91 Å². The number of anilines is 1. The van der Waals surface area contributed by atoms with Crippen molar-refractivity contribution in [3.63, 3.8) is 0 Å². The van der Waals surface area contributed by atoms with E-state index in [-0.39, 0.29) is 5.91 Å². The SMILES string of the molecule is CN(CC1(O)CCN(c2cnccn2)C1)C(=O)Cc1cccs1. The normalized spacial score (nSPS) is 20.7. The van der Waals surface area contributed by atoms with E-state index in [1.165, 1.54) is 0 Å². The number of β-amino-alcohol motifs (C(OH)–C–C–N with tert-alkyl or cyclic N) is 1. The van der Waals surface area contributed by atoms with Crippen LogP contribution in [0.2, 0.25) is 0 Å². The molecule has 1 atom stereocenters. The molecule has 1 fully saturated rings. The van der Waals surface area contributed by atoms with Crippen molar-refractivity contribution in [2.24, 2.45) is 0 Å². The molecule has 1 aliphatic heterocycles. The van der Waals surface area contributed by atoms with E-state index in [0.717, 1.165) is 10.7 Å². The molecule has 3 rings (SSSR count). The molecule has 122 valence electrons. The fraction of sp³-hybridized carbons (Fsp3) is 0.438. The second-order valence-electron chi connectivity index (χ2n) is 5.97. The van der Waals surface area contributed by atoms with E-state index in [4.69, 9.17) is 0 Å². The van der Waals surface area contributed by atoms with Crippen molar-refractivity contribution in [2.75, 3.05) is 31.6 Å². The third-order valence-electron chi connectivity index (χ3n) is 4.07. The van der Waals surface area contributed by atoms with E-state index in [2.05, 4.69) is 9.97 Å². The van der Waals surface area contributed by atoms with Crippen LogP contribution in [-0.2, 0) is 11.2 Å². The van der Waals surface area contributed by atoms with Crippen LogP contribution >= 0.6 is 11.3 Å². The highest BCUT2D eigenvalue weighted by Crippen LogP contribution is 2.26. The highest BCUT2D eigenvalue weighted by Gasteiger charge is 2.38. The predicted octanol–water partition coefficient (Wildman–Crippen LogP) is 1.18. The Morgan fingerprint density at radius 1 is 1.52 bits per heavy atom. The van der Waals surface area contributed by atoms with Gasteiger partial charge in [0.05, 0.1) is 19.2 Å². The molecule has 0 radical (unpaired) electrons. The number of amides is 1. The van der Waals surface area contributed by atoms with E-state index in [0.29, 0.717) is 32.5 Å². The van der Waals surface area contributed by atoms with Gasteiger partial charge in [0.25, 0.3) is 0 Å². The monoisotopic (exact) mass is 332 g/mol. The summed E-state index contributed by atoms with van der Waals surface area (Å²) >= 11 is 1.57. The Kier molecular flexibility index (Phi) is 4.58. The van der Waals surface area contributed by atoms with Crippen LogP contribution in [0, 0.1) is 0 Å². The number of nitrogens with zero attached hydrogens (tertiary/aromatic N) is 4. The molecular weight excluding hydrogens is 312 g/mol. The molecule has 23 heavy (non-hydrogen) atoms. The Hall–Kier alpha value is -1.99. The van der Waals surface area contributed by atoms with Crippen LogP contribution in [0.4, 0.5) is 5.82 Å². The molecule has 2 aromatic rings. The smallest absolute Gasteiger partial charge is 0.227 e. The summed E-state index contributed by atoms with van der Waals surface area (Å²) in [5, 5.41) is 12.8. The van der Waals surface area contributed by atoms with Crippen molar-refractivity contribution in [3.8, 4) is 0 Å². The molecular formula is C16H20N4O2S. The van der Waals surface area contributed by atoms with Gasteiger partial charge >= 0.3 is 0 Å². The van der Waals surface area contributed by atoms with E-state index in [1.807, 2.05) is 22.4 Å². The zero-order chi connectivity index (χ0) is 16.3. The van der Waals surface area contributed by atoms with Gasteiger partial charge in [-0.15, -0.1) is 11.3 Å². The second-order valence-corrected chi connectivity index (χ2v) is 7.00. The number of carbonyl (C=O) groups excluding carboxylic acids is 1. The molecule has 1 unspecified atom stereocenters. The first-order valence-corrected chi connectivity index (χ1v) is 8.43. The average molecular weight is 332 g/mol. The van der Waals surface area contributed by atoms with Crippen LogP contribution in [0.3, 0.4) is 0 Å². The predicted molar refractivity (Wildman–Crippen MR) is 89.5 cm³/mol. The van der Waals surface area contributed by atoms with Gasteiger partial charge in [0, 0.05) is 37.4 Å². The van der Waals surface area contributed by atoms with Crippen molar-refractivity contribution in [2.45, 2.75) is 18.4 Å². The lowest BCUT2D eigenvalue weighted by Crippen LogP contribution is -2.46. The fourth-order valence-electron chi connectivity index (χ4n) is 2.86. The topological polar surface area (TPSA) is 69.6 Å². The molecule has 1 N–H and O–H groups in total. The van der Waals surface area contributed by atoms with Crippen LogP contribution < -0.4 is 4.90 Å². The van der Waals surface area contributed by atoms with Crippen molar-refractivity contribution in [1.29, 1.82) is 0 Å². The van der Waals surface area contributed by atoms with E-state index < -0.39 is 5.60 Å². The van der Waals surface area contributed by atoms with Crippen LogP contribution in [-0.4, -0.2) is 58.2 Å². The van der Waals surface area contributed by atoms with Crippen molar-refractivity contribution >= 4 is 23.1 Å². The zero-order valence-electron chi connectivity index (χ0n) is 13.1. The van der Waals surface area contributed by atoms with Crippen molar-refractivity contribution in [3.05, 3.63) is 41.0 Å². The molecule has 1 amide bonds. The van der Waals surface area contributed by atoms with E-state index in [9.17, 15) is 9.90 Å². The van der Waals surface area contributed by atoms with Crippen LogP contribution in [0.1, 0.15) is 11.3 Å². The molecule has 6 nitrogen and oxygen atoms in total. The van der Waals surface area contributed by atoms with Gasteiger partial charge in [-0.2, -0.15) is 0 Å². The molecule has 0 aliphatic carbocycles. The first-order chi connectivity index (χ1) is 11.1. The van der Waals surface area contributed by atoms with Gasteiger partial charge in [-0.1, -0.05) is 6.07 Å². The number of carbonyl (C=O) groups is 1. The standard InChI is InChI=1S/C16H20N4O2S/c1-19(15(21)9-13-3-2-8-23-13)11-16(22)4-7-20(12-16)14-10-17-5-6-18-14/h2-3,5-6,8,10,22H,4,7,9,11-12H2,1H3. The maximum Gasteiger partial charge on any atom is 0.227 e. The number of thiophene rings is 1. The van der Waals surface area contributed by atoms with Gasteiger partial charge < -0.3 is 14.9 Å². The first kappa shape index (κ1) is 15.9. The summed E-state index contributed by atoms with van der Waals surface area (Å²) in [6.07, 6.45) is 5.96. The quantitative estimate of drug-likeness (QED) is 0.890. The highest BCUT2D eigenvalue weighted by molar-refractivity contribution is 7.10. The Bertz CT molecular complexity index is 649. The van der Waals surface area contributed by atoms with E-state index >= 15 is 0 Å². The summed E-state index contributed by atoms with van der Waals surface area (Å²) in [5.41, 5.74) is -0.905. The van der Waals surface area contributed by atoms with Crippen molar-refractivity contribution in [1.82, 2.24) is 14.9 Å². The average Bonchev–Trinajstić information content (AvgIpc) is 3.18. The highest BCUT2D eigenvalue weighted by atomic mass is 32.1. The lowest BCUT2D eigenvalue weighted by Gasteiger charge is -2.29. The third-order valence-corrected chi connectivity index (χ3v) is 4.94. The summed E-state index contributed by atoms with van der Waals surface area (Å²) in [6, 6.07) is 3.90. The minimum absolute atomic E-state index is 0.0267. The van der Waals surface area contributed by atoms with Gasteiger partial charge in [-0.25, -0.2) is 4.98 Å². The van der Waals surface area contributed by atoms with Crippen LogP contribution in [0.5, 0.6) is 0 Å². The Morgan fingerprint density at radius 2 is 2.39 bits per heavy atom. The summed E-state index contributed by atoms with van der Waals surface area (Å²) in [5.74, 6) is 0.787. The Morgan fingerprint density at radius 3 is 3.09 bits per heavy atom. The number of rotatable bonds is 5. The number of hydrogen-bond donors (Lipinski definition) is 1.